The molecule has 4 aliphatic rings. The van der Waals surface area contributed by atoms with Crippen LogP contribution in [0.5, 0.6) is 0 Å². The molecule has 1 heterocycles. The Morgan fingerprint density at radius 1 is 1.10 bits per heavy atom. The van der Waals surface area contributed by atoms with Gasteiger partial charge in [-0.05, 0) is 61.3 Å². The molecule has 1 aromatic heterocycles. The normalized spacial score (nSPS) is 43.8. The molecule has 5 rings (SSSR count). The molecular formula is C17H23N3O. The SMILES string of the molecule is CC12CC3CC(C)(C1)CC(C(=O)Nc1ncccn1)(C3)C2. The maximum Gasteiger partial charge on any atom is 0.232 e. The van der Waals surface area contributed by atoms with Gasteiger partial charge in [0.2, 0.25) is 11.9 Å². The van der Waals surface area contributed by atoms with E-state index in [4.69, 9.17) is 0 Å². The summed E-state index contributed by atoms with van der Waals surface area (Å²) in [5, 5.41) is 2.97. The highest BCUT2D eigenvalue weighted by molar-refractivity contribution is 5.94. The highest BCUT2D eigenvalue weighted by Crippen LogP contribution is 2.69. The molecule has 0 aromatic carbocycles. The van der Waals surface area contributed by atoms with E-state index in [0.717, 1.165) is 25.2 Å². The van der Waals surface area contributed by atoms with Crippen molar-refractivity contribution in [3.8, 4) is 0 Å². The Morgan fingerprint density at radius 3 is 2.29 bits per heavy atom. The van der Waals surface area contributed by atoms with E-state index < -0.39 is 0 Å². The average Bonchev–Trinajstić information content (AvgIpc) is 2.35. The van der Waals surface area contributed by atoms with E-state index in [0.29, 0.717) is 16.8 Å². The highest BCUT2D eigenvalue weighted by atomic mass is 16.2. The van der Waals surface area contributed by atoms with Gasteiger partial charge in [0, 0.05) is 12.4 Å². The Labute approximate surface area is 125 Å². The minimum atomic E-state index is -0.192. The second-order valence-corrected chi connectivity index (χ2v) is 8.44. The molecule has 1 amide bonds. The van der Waals surface area contributed by atoms with Gasteiger partial charge in [0.25, 0.3) is 0 Å². The molecule has 4 fully saturated rings. The number of rotatable bonds is 2. The van der Waals surface area contributed by atoms with Crippen LogP contribution in [0.3, 0.4) is 0 Å². The standard InChI is InChI=1S/C17H23N3O/c1-15-6-12-7-16(2,9-15)11-17(8-12,10-15)13(21)20-14-18-4-3-5-19-14/h3-5,12H,6-11H2,1-2H3,(H,18,19,20,21). The van der Waals surface area contributed by atoms with Gasteiger partial charge in [-0.25, -0.2) is 9.97 Å². The molecule has 2 atom stereocenters. The summed E-state index contributed by atoms with van der Waals surface area (Å²) < 4.78 is 0. The first kappa shape index (κ1) is 13.2. The molecule has 2 unspecified atom stereocenters. The fourth-order valence-electron chi connectivity index (χ4n) is 6.30. The molecule has 112 valence electrons. The van der Waals surface area contributed by atoms with E-state index in [1.54, 1.807) is 18.5 Å². The maximum absolute atomic E-state index is 13.0. The largest absolute Gasteiger partial charge is 0.294 e. The van der Waals surface area contributed by atoms with Crippen LogP contribution in [0.25, 0.3) is 0 Å². The van der Waals surface area contributed by atoms with Gasteiger partial charge in [-0.3, -0.25) is 10.1 Å². The van der Waals surface area contributed by atoms with Crippen LogP contribution in [0, 0.1) is 22.2 Å². The average molecular weight is 285 g/mol. The smallest absolute Gasteiger partial charge is 0.232 e. The highest BCUT2D eigenvalue weighted by Gasteiger charge is 2.62. The van der Waals surface area contributed by atoms with Gasteiger partial charge in [-0.2, -0.15) is 0 Å². The van der Waals surface area contributed by atoms with Crippen LogP contribution in [0.15, 0.2) is 18.5 Å². The third-order valence-electron chi connectivity index (χ3n) is 5.90. The minimum Gasteiger partial charge on any atom is -0.294 e. The van der Waals surface area contributed by atoms with Crippen LogP contribution in [0.1, 0.15) is 52.4 Å². The van der Waals surface area contributed by atoms with Crippen LogP contribution < -0.4 is 5.32 Å². The Balaban J connectivity index is 1.63. The lowest BCUT2D eigenvalue weighted by molar-refractivity contribution is -0.165. The summed E-state index contributed by atoms with van der Waals surface area (Å²) in [5.74, 6) is 1.31. The molecule has 0 saturated heterocycles. The van der Waals surface area contributed by atoms with Crippen molar-refractivity contribution < 1.29 is 4.79 Å². The van der Waals surface area contributed by atoms with Crippen LogP contribution >= 0.6 is 0 Å². The molecule has 4 nitrogen and oxygen atoms in total. The van der Waals surface area contributed by atoms with Crippen molar-refractivity contribution >= 4 is 11.9 Å². The van der Waals surface area contributed by atoms with Crippen molar-refractivity contribution in [3.05, 3.63) is 18.5 Å². The van der Waals surface area contributed by atoms with E-state index in [-0.39, 0.29) is 11.3 Å². The second-order valence-electron chi connectivity index (χ2n) is 8.44. The van der Waals surface area contributed by atoms with E-state index in [9.17, 15) is 4.79 Å². The first-order valence-corrected chi connectivity index (χ1v) is 7.99. The number of nitrogens with zero attached hydrogens (tertiary/aromatic N) is 2. The number of aromatic nitrogens is 2. The van der Waals surface area contributed by atoms with Gasteiger partial charge >= 0.3 is 0 Å². The van der Waals surface area contributed by atoms with Crippen LogP contribution in [0.2, 0.25) is 0 Å². The summed E-state index contributed by atoms with van der Waals surface area (Å²) in [6, 6.07) is 1.77. The molecule has 0 radical (unpaired) electrons. The number of anilines is 1. The van der Waals surface area contributed by atoms with Crippen molar-refractivity contribution in [1.29, 1.82) is 0 Å². The molecule has 0 aliphatic heterocycles. The fourth-order valence-corrected chi connectivity index (χ4v) is 6.30. The van der Waals surface area contributed by atoms with Crippen LogP contribution in [-0.2, 0) is 4.79 Å². The van der Waals surface area contributed by atoms with Gasteiger partial charge in [0.05, 0.1) is 5.41 Å². The summed E-state index contributed by atoms with van der Waals surface area (Å²) in [6.45, 7) is 4.77. The molecule has 21 heavy (non-hydrogen) atoms. The monoisotopic (exact) mass is 285 g/mol. The molecule has 4 bridgehead atoms. The molecule has 0 spiro atoms. The first-order valence-electron chi connectivity index (χ1n) is 7.99. The number of hydrogen-bond donors (Lipinski definition) is 1. The predicted molar refractivity (Wildman–Crippen MR) is 80.5 cm³/mol. The molecule has 1 N–H and O–H groups in total. The zero-order chi connectivity index (χ0) is 14.7. The molecule has 4 heteroatoms. The van der Waals surface area contributed by atoms with Crippen molar-refractivity contribution in [2.24, 2.45) is 22.2 Å². The van der Waals surface area contributed by atoms with E-state index in [2.05, 4.69) is 29.1 Å². The summed E-state index contributed by atoms with van der Waals surface area (Å²) in [4.78, 5) is 21.2. The van der Waals surface area contributed by atoms with Gasteiger partial charge in [-0.1, -0.05) is 13.8 Å². The van der Waals surface area contributed by atoms with E-state index in [1.807, 2.05) is 0 Å². The Kier molecular flexibility index (Phi) is 2.55. The summed E-state index contributed by atoms with van der Waals surface area (Å²) in [7, 11) is 0. The zero-order valence-corrected chi connectivity index (χ0v) is 12.9. The van der Waals surface area contributed by atoms with Crippen molar-refractivity contribution in [3.63, 3.8) is 0 Å². The van der Waals surface area contributed by atoms with Gasteiger partial charge in [-0.15, -0.1) is 0 Å². The molecule has 4 saturated carbocycles. The summed E-state index contributed by atoms with van der Waals surface area (Å²) >= 11 is 0. The van der Waals surface area contributed by atoms with Crippen molar-refractivity contribution in [2.45, 2.75) is 52.4 Å². The number of carbonyl (C=O) groups is 1. The van der Waals surface area contributed by atoms with Crippen molar-refractivity contribution in [1.82, 2.24) is 9.97 Å². The number of nitrogens with one attached hydrogen (secondary N) is 1. The fraction of sp³-hybridized carbons (Fsp3) is 0.706. The first-order chi connectivity index (χ1) is 9.91. The quantitative estimate of drug-likeness (QED) is 0.906. The summed E-state index contributed by atoms with van der Waals surface area (Å²) in [5.41, 5.74) is 0.508. The lowest BCUT2D eigenvalue weighted by Crippen LogP contribution is -2.58. The van der Waals surface area contributed by atoms with Crippen LogP contribution in [0.4, 0.5) is 5.95 Å². The van der Waals surface area contributed by atoms with Crippen molar-refractivity contribution in [2.75, 3.05) is 5.32 Å². The number of hydrogen-bond acceptors (Lipinski definition) is 3. The van der Waals surface area contributed by atoms with Gasteiger partial charge in [0.15, 0.2) is 0 Å². The summed E-state index contributed by atoms with van der Waals surface area (Å²) in [6.07, 6.45) is 10.4. The van der Waals surface area contributed by atoms with Gasteiger partial charge in [0.1, 0.15) is 0 Å². The second kappa shape index (κ2) is 4.05. The topological polar surface area (TPSA) is 54.9 Å². The lowest BCUT2D eigenvalue weighted by Gasteiger charge is -2.64. The third kappa shape index (κ3) is 2.07. The number of carbonyl (C=O) groups excluding carboxylic acids is 1. The van der Waals surface area contributed by atoms with Gasteiger partial charge < -0.3 is 0 Å². The lowest BCUT2D eigenvalue weighted by atomic mass is 9.40. The third-order valence-corrected chi connectivity index (χ3v) is 5.90. The maximum atomic E-state index is 13.0. The molecule has 4 aliphatic carbocycles. The van der Waals surface area contributed by atoms with E-state index >= 15 is 0 Å². The zero-order valence-electron chi connectivity index (χ0n) is 12.9. The molecule has 1 aromatic rings. The minimum absolute atomic E-state index is 0.148. The number of amides is 1. The predicted octanol–water partition coefficient (Wildman–Crippen LogP) is 3.41. The Bertz CT molecular complexity index is 567. The Hall–Kier alpha value is -1.45. The molecular weight excluding hydrogens is 262 g/mol. The van der Waals surface area contributed by atoms with E-state index in [1.165, 1.54) is 19.3 Å². The Morgan fingerprint density at radius 2 is 1.71 bits per heavy atom. The van der Waals surface area contributed by atoms with Crippen LogP contribution in [-0.4, -0.2) is 15.9 Å².